The van der Waals surface area contributed by atoms with E-state index >= 15 is 0 Å². The molecule has 2 aliphatic heterocycles. The Morgan fingerprint density at radius 2 is 2.05 bits per heavy atom. The summed E-state index contributed by atoms with van der Waals surface area (Å²) in [5.74, 6) is -2.25. The second-order valence-corrected chi connectivity index (χ2v) is 5.35. The van der Waals surface area contributed by atoms with Crippen LogP contribution in [0.4, 0.5) is 5.69 Å². The molecule has 6 nitrogen and oxygen atoms in total. The Bertz CT molecular complexity index is 693. The number of benzene rings is 1. The van der Waals surface area contributed by atoms with Crippen LogP contribution in [0.25, 0.3) is 0 Å². The lowest BCUT2D eigenvalue weighted by molar-refractivity contribution is -0.136. The summed E-state index contributed by atoms with van der Waals surface area (Å²) >= 11 is 0. The fraction of sp³-hybridized carbons (Fsp3) is 0.333. The molecule has 2 atom stereocenters. The van der Waals surface area contributed by atoms with Crippen molar-refractivity contribution in [3.8, 4) is 5.75 Å². The van der Waals surface area contributed by atoms with Gasteiger partial charge < -0.3 is 5.11 Å². The molecule has 1 aromatic carbocycles. The summed E-state index contributed by atoms with van der Waals surface area (Å²) in [5.41, 5.74) is 1.38. The number of aliphatic imine (C=N–C) groups is 1. The summed E-state index contributed by atoms with van der Waals surface area (Å²) in [7, 11) is 0. The zero-order chi connectivity index (χ0) is 15.1. The number of imide groups is 1. The van der Waals surface area contributed by atoms with Crippen LogP contribution in [-0.4, -0.2) is 28.4 Å². The molecule has 0 radical (unpaired) electrons. The predicted molar refractivity (Wildman–Crippen MR) is 74.6 cm³/mol. The van der Waals surface area contributed by atoms with Gasteiger partial charge in [-0.25, -0.2) is 0 Å². The van der Waals surface area contributed by atoms with Crippen molar-refractivity contribution in [2.75, 3.05) is 0 Å². The number of carbonyl (C=O) groups is 3. The van der Waals surface area contributed by atoms with Gasteiger partial charge in [-0.3, -0.25) is 24.7 Å². The SMILES string of the molecule is CC1=Nc2ccc(O)cc2C(=O)C1C1CCC(=O)NC1=O. The molecule has 1 saturated heterocycles. The van der Waals surface area contributed by atoms with Crippen molar-refractivity contribution >= 4 is 29.0 Å². The van der Waals surface area contributed by atoms with Gasteiger partial charge in [0.1, 0.15) is 5.75 Å². The fourth-order valence-corrected chi connectivity index (χ4v) is 2.94. The maximum Gasteiger partial charge on any atom is 0.230 e. The number of nitrogens with one attached hydrogen (secondary N) is 1. The van der Waals surface area contributed by atoms with Crippen molar-refractivity contribution < 1.29 is 19.5 Å². The first kappa shape index (κ1) is 13.5. The summed E-state index contributed by atoms with van der Waals surface area (Å²) in [5, 5.41) is 11.8. The third-order valence-corrected chi connectivity index (χ3v) is 3.96. The first-order chi connectivity index (χ1) is 9.97. The van der Waals surface area contributed by atoms with Crippen molar-refractivity contribution in [2.45, 2.75) is 19.8 Å². The molecule has 0 saturated carbocycles. The van der Waals surface area contributed by atoms with E-state index in [1.165, 1.54) is 12.1 Å². The van der Waals surface area contributed by atoms with Crippen molar-refractivity contribution in [3.05, 3.63) is 23.8 Å². The number of fused-ring (bicyclic) bond motifs is 1. The maximum atomic E-state index is 12.6. The van der Waals surface area contributed by atoms with Gasteiger partial charge in [-0.15, -0.1) is 0 Å². The van der Waals surface area contributed by atoms with Gasteiger partial charge in [-0.05, 0) is 31.5 Å². The largest absolute Gasteiger partial charge is 0.508 e. The summed E-state index contributed by atoms with van der Waals surface area (Å²) in [6, 6.07) is 4.41. The van der Waals surface area contributed by atoms with Gasteiger partial charge in [0.2, 0.25) is 11.8 Å². The molecule has 0 bridgehead atoms. The van der Waals surface area contributed by atoms with E-state index in [0.717, 1.165) is 0 Å². The van der Waals surface area contributed by atoms with Gasteiger partial charge in [0.05, 0.1) is 17.5 Å². The van der Waals surface area contributed by atoms with E-state index in [-0.39, 0.29) is 23.9 Å². The number of amides is 2. The van der Waals surface area contributed by atoms with E-state index in [9.17, 15) is 19.5 Å². The van der Waals surface area contributed by atoms with Crippen molar-refractivity contribution in [3.63, 3.8) is 0 Å². The topological polar surface area (TPSA) is 95.8 Å². The monoisotopic (exact) mass is 286 g/mol. The number of piperidine rings is 1. The molecular formula is C15H14N2O4. The van der Waals surface area contributed by atoms with E-state index in [1.807, 2.05) is 0 Å². The first-order valence-electron chi connectivity index (χ1n) is 6.73. The lowest BCUT2D eigenvalue weighted by Crippen LogP contribution is -2.47. The molecule has 2 amide bonds. The molecule has 1 fully saturated rings. The number of nitrogens with zero attached hydrogens (tertiary/aromatic N) is 1. The van der Waals surface area contributed by atoms with Crippen LogP contribution in [0.2, 0.25) is 0 Å². The third-order valence-electron chi connectivity index (χ3n) is 3.96. The summed E-state index contributed by atoms with van der Waals surface area (Å²) in [4.78, 5) is 40.2. The van der Waals surface area contributed by atoms with Crippen molar-refractivity contribution in [1.29, 1.82) is 0 Å². The average Bonchev–Trinajstić information content (AvgIpc) is 2.42. The number of hydrogen-bond acceptors (Lipinski definition) is 5. The highest BCUT2D eigenvalue weighted by molar-refractivity contribution is 6.20. The van der Waals surface area contributed by atoms with Crippen LogP contribution in [0.5, 0.6) is 5.75 Å². The molecule has 0 spiro atoms. The summed E-state index contributed by atoms with van der Waals surface area (Å²) in [6.45, 7) is 1.71. The second-order valence-electron chi connectivity index (χ2n) is 5.35. The van der Waals surface area contributed by atoms with Gasteiger partial charge in [0.25, 0.3) is 0 Å². The fourth-order valence-electron chi connectivity index (χ4n) is 2.94. The average molecular weight is 286 g/mol. The standard InChI is InChI=1S/C15H14N2O4/c1-7-13(9-3-5-12(19)17-15(9)21)14(20)10-6-8(18)2-4-11(10)16-7/h2,4,6,9,13,18H,3,5H2,1H3,(H,17,19,21). The molecule has 2 unspecified atom stereocenters. The minimum atomic E-state index is -0.674. The molecule has 0 aliphatic carbocycles. The third kappa shape index (κ3) is 2.22. The van der Waals surface area contributed by atoms with E-state index in [0.29, 0.717) is 23.4 Å². The second kappa shape index (κ2) is 4.80. The smallest absolute Gasteiger partial charge is 0.230 e. The minimum absolute atomic E-state index is 0.0149. The molecule has 1 aromatic rings. The number of carbonyl (C=O) groups excluding carboxylic acids is 3. The lowest BCUT2D eigenvalue weighted by atomic mass is 9.76. The van der Waals surface area contributed by atoms with Gasteiger partial charge >= 0.3 is 0 Å². The number of phenolic OH excluding ortho intramolecular Hbond substituents is 1. The van der Waals surface area contributed by atoms with Crippen molar-refractivity contribution in [2.24, 2.45) is 16.8 Å². The zero-order valence-electron chi connectivity index (χ0n) is 11.4. The Morgan fingerprint density at radius 3 is 2.76 bits per heavy atom. The van der Waals surface area contributed by atoms with Crippen LogP contribution in [0.1, 0.15) is 30.1 Å². The molecule has 2 N–H and O–H groups in total. The van der Waals surface area contributed by atoms with Gasteiger partial charge in [0, 0.05) is 17.7 Å². The van der Waals surface area contributed by atoms with Crippen molar-refractivity contribution in [1.82, 2.24) is 5.32 Å². The Kier molecular flexibility index (Phi) is 3.08. The van der Waals surface area contributed by atoms with Crippen LogP contribution >= 0.6 is 0 Å². The van der Waals surface area contributed by atoms with Crippen LogP contribution in [-0.2, 0) is 9.59 Å². The van der Waals surface area contributed by atoms with E-state index in [1.54, 1.807) is 13.0 Å². The highest BCUT2D eigenvalue weighted by atomic mass is 16.3. The number of ketones is 1. The normalized spacial score (nSPS) is 25.2. The Balaban J connectivity index is 2.00. The minimum Gasteiger partial charge on any atom is -0.508 e. The van der Waals surface area contributed by atoms with E-state index in [2.05, 4.69) is 10.3 Å². The maximum absolute atomic E-state index is 12.6. The van der Waals surface area contributed by atoms with Gasteiger partial charge in [0.15, 0.2) is 5.78 Å². The lowest BCUT2D eigenvalue weighted by Gasteiger charge is -2.30. The molecule has 6 heteroatoms. The number of hydrogen-bond donors (Lipinski definition) is 2. The Morgan fingerprint density at radius 1 is 1.29 bits per heavy atom. The number of aromatic hydroxyl groups is 1. The molecule has 2 aliphatic rings. The number of phenols is 1. The number of Topliss-reactive ketones (excluding diaryl/α,β-unsaturated/α-hetero) is 1. The summed E-state index contributed by atoms with van der Waals surface area (Å²) in [6.07, 6.45) is 0.558. The quantitative estimate of drug-likeness (QED) is 0.762. The van der Waals surface area contributed by atoms with Gasteiger partial charge in [-0.2, -0.15) is 0 Å². The Labute approximate surface area is 120 Å². The van der Waals surface area contributed by atoms with Crippen LogP contribution in [0.15, 0.2) is 23.2 Å². The molecule has 2 heterocycles. The summed E-state index contributed by atoms with van der Waals surface area (Å²) < 4.78 is 0. The molecular weight excluding hydrogens is 272 g/mol. The molecule has 21 heavy (non-hydrogen) atoms. The highest BCUT2D eigenvalue weighted by Gasteiger charge is 2.41. The van der Waals surface area contributed by atoms with E-state index < -0.39 is 17.7 Å². The first-order valence-corrected chi connectivity index (χ1v) is 6.73. The molecule has 108 valence electrons. The number of rotatable bonds is 1. The van der Waals surface area contributed by atoms with Gasteiger partial charge in [-0.1, -0.05) is 0 Å². The Hall–Kier alpha value is -2.50. The van der Waals surface area contributed by atoms with Crippen LogP contribution in [0, 0.1) is 11.8 Å². The predicted octanol–water partition coefficient (Wildman–Crippen LogP) is 1.35. The van der Waals surface area contributed by atoms with Crippen LogP contribution < -0.4 is 5.32 Å². The highest BCUT2D eigenvalue weighted by Crippen LogP contribution is 2.36. The molecule has 3 rings (SSSR count). The van der Waals surface area contributed by atoms with Crippen LogP contribution in [0.3, 0.4) is 0 Å². The van der Waals surface area contributed by atoms with E-state index in [4.69, 9.17) is 0 Å². The molecule has 0 aromatic heterocycles. The zero-order valence-corrected chi connectivity index (χ0v) is 11.4.